The first-order valence-corrected chi connectivity index (χ1v) is 11.6. The van der Waals surface area contributed by atoms with Crippen LogP contribution in [0.15, 0.2) is 18.2 Å². The van der Waals surface area contributed by atoms with Gasteiger partial charge in [0.1, 0.15) is 24.4 Å². The number of alkyl halides is 3. The molecule has 3 N–H and O–H groups in total. The third-order valence-electron chi connectivity index (χ3n) is 5.89. The number of carbonyl (C=O) groups excluding carboxylic acids is 2. The van der Waals surface area contributed by atoms with E-state index >= 15 is 0 Å². The van der Waals surface area contributed by atoms with Gasteiger partial charge in [0.25, 0.3) is 5.91 Å². The van der Waals surface area contributed by atoms with Crippen molar-refractivity contribution in [2.45, 2.75) is 63.0 Å². The number of benzene rings is 1. The number of ether oxygens (including phenoxy) is 2. The predicted octanol–water partition coefficient (Wildman–Crippen LogP) is 3.31. The Morgan fingerprint density at radius 1 is 1.06 bits per heavy atom. The van der Waals surface area contributed by atoms with Crippen LogP contribution in [0.1, 0.15) is 38.5 Å². The highest BCUT2D eigenvalue weighted by Crippen LogP contribution is 2.25. The van der Waals surface area contributed by atoms with Gasteiger partial charge in [-0.05, 0) is 50.7 Å². The van der Waals surface area contributed by atoms with E-state index in [1.807, 2.05) is 0 Å². The fourth-order valence-electron chi connectivity index (χ4n) is 4.09. The summed E-state index contributed by atoms with van der Waals surface area (Å²) in [6.45, 7) is -1.21. The van der Waals surface area contributed by atoms with Crippen LogP contribution >= 0.6 is 11.6 Å². The van der Waals surface area contributed by atoms with Crippen molar-refractivity contribution in [1.29, 1.82) is 0 Å². The fourth-order valence-corrected chi connectivity index (χ4v) is 4.21. The Bertz CT molecular complexity index is 842. The number of halogens is 5. The first-order valence-electron chi connectivity index (χ1n) is 11.2. The lowest BCUT2D eigenvalue weighted by Crippen LogP contribution is -2.52. The highest BCUT2D eigenvalue weighted by molar-refractivity contribution is 6.30. The van der Waals surface area contributed by atoms with Crippen molar-refractivity contribution in [3.63, 3.8) is 0 Å². The summed E-state index contributed by atoms with van der Waals surface area (Å²) in [6, 6.07) is 3.69. The van der Waals surface area contributed by atoms with Crippen LogP contribution < -0.4 is 20.7 Å². The van der Waals surface area contributed by atoms with E-state index in [0.29, 0.717) is 45.1 Å². The minimum Gasteiger partial charge on any atom is -0.484 e. The van der Waals surface area contributed by atoms with Gasteiger partial charge in [-0.25, -0.2) is 4.39 Å². The zero-order valence-corrected chi connectivity index (χ0v) is 19.2. The second-order valence-electron chi connectivity index (χ2n) is 8.59. The van der Waals surface area contributed by atoms with Gasteiger partial charge >= 0.3 is 6.18 Å². The molecule has 1 aliphatic heterocycles. The molecule has 2 fully saturated rings. The normalized spacial score (nSPS) is 25.4. The van der Waals surface area contributed by atoms with Gasteiger partial charge in [-0.15, -0.1) is 0 Å². The Morgan fingerprint density at radius 2 is 1.76 bits per heavy atom. The lowest BCUT2D eigenvalue weighted by molar-refractivity contribution is -0.190. The van der Waals surface area contributed by atoms with E-state index in [0.717, 1.165) is 6.07 Å². The molecule has 7 nitrogen and oxygen atoms in total. The van der Waals surface area contributed by atoms with Crippen LogP contribution in [0.5, 0.6) is 5.75 Å². The lowest BCUT2D eigenvalue weighted by Gasteiger charge is -2.33. The minimum absolute atomic E-state index is 0.0310. The van der Waals surface area contributed by atoms with E-state index in [9.17, 15) is 27.2 Å². The number of nitrogens with one attached hydrogen (secondary N) is 3. The zero-order chi connectivity index (χ0) is 24.7. The summed E-state index contributed by atoms with van der Waals surface area (Å²) in [5.74, 6) is -1.03. The maximum absolute atomic E-state index is 13.4. The van der Waals surface area contributed by atoms with Crippen molar-refractivity contribution in [3.8, 4) is 5.75 Å². The van der Waals surface area contributed by atoms with Crippen molar-refractivity contribution in [2.75, 3.05) is 19.8 Å². The number of amides is 2. The van der Waals surface area contributed by atoms with Crippen LogP contribution in [0, 0.1) is 11.7 Å². The number of carbonyl (C=O) groups is 2. The molecule has 2 amide bonds. The SMILES string of the molecule is O=C(COc1ccc(Cl)c(F)c1)NC1CCC(C(=O)NC2CCC(OCC(F)(F)F)NC2)CC1. The first kappa shape index (κ1) is 26.5. The van der Waals surface area contributed by atoms with Crippen LogP contribution in [0.4, 0.5) is 17.6 Å². The fraction of sp³-hybridized carbons (Fsp3) is 0.636. The largest absolute Gasteiger partial charge is 0.484 e. The summed E-state index contributed by atoms with van der Waals surface area (Å²) < 4.78 is 60.2. The maximum atomic E-state index is 13.4. The van der Waals surface area contributed by atoms with Crippen molar-refractivity contribution in [2.24, 2.45) is 5.92 Å². The molecule has 0 radical (unpaired) electrons. The summed E-state index contributed by atoms with van der Waals surface area (Å²) in [5.41, 5.74) is 0. The summed E-state index contributed by atoms with van der Waals surface area (Å²) >= 11 is 5.61. The monoisotopic (exact) mass is 509 g/mol. The molecule has 190 valence electrons. The Hall–Kier alpha value is -2.11. The molecule has 0 spiro atoms. The zero-order valence-electron chi connectivity index (χ0n) is 18.4. The number of piperidine rings is 1. The second kappa shape index (κ2) is 12.0. The molecule has 2 atom stereocenters. The molecule has 1 heterocycles. The van der Waals surface area contributed by atoms with Gasteiger partial charge in [-0.3, -0.25) is 14.9 Å². The summed E-state index contributed by atoms with van der Waals surface area (Å²) in [5, 5.41) is 8.67. The van der Waals surface area contributed by atoms with Crippen LogP contribution in [0.25, 0.3) is 0 Å². The molecule has 1 aromatic rings. The number of rotatable bonds is 8. The quantitative estimate of drug-likeness (QED) is 0.468. The summed E-state index contributed by atoms with van der Waals surface area (Å²) in [4.78, 5) is 24.7. The Labute approximate surface area is 199 Å². The van der Waals surface area contributed by atoms with Crippen molar-refractivity contribution in [1.82, 2.24) is 16.0 Å². The molecule has 2 aliphatic rings. The third-order valence-corrected chi connectivity index (χ3v) is 6.19. The van der Waals surface area contributed by atoms with Gasteiger partial charge in [-0.1, -0.05) is 11.6 Å². The number of hydrogen-bond donors (Lipinski definition) is 3. The highest BCUT2D eigenvalue weighted by atomic mass is 35.5. The summed E-state index contributed by atoms with van der Waals surface area (Å²) in [6.07, 6.45) is -1.64. The molecule has 3 rings (SSSR count). The molecular weight excluding hydrogens is 482 g/mol. The van der Waals surface area contributed by atoms with Gasteiger partial charge in [0, 0.05) is 30.6 Å². The molecule has 1 aromatic carbocycles. The average molecular weight is 510 g/mol. The van der Waals surface area contributed by atoms with E-state index in [1.165, 1.54) is 12.1 Å². The molecule has 1 aliphatic carbocycles. The molecule has 0 aromatic heterocycles. The smallest absolute Gasteiger partial charge is 0.411 e. The lowest BCUT2D eigenvalue weighted by atomic mass is 9.85. The topological polar surface area (TPSA) is 88.7 Å². The predicted molar refractivity (Wildman–Crippen MR) is 116 cm³/mol. The number of hydrogen-bond acceptors (Lipinski definition) is 5. The Balaban J connectivity index is 1.31. The average Bonchev–Trinajstić information content (AvgIpc) is 2.79. The van der Waals surface area contributed by atoms with E-state index in [-0.39, 0.29) is 47.2 Å². The van der Waals surface area contributed by atoms with Gasteiger partial charge < -0.3 is 20.1 Å². The standard InChI is InChI=1S/C22H28ClF4N3O4/c23-17-7-6-16(9-18(17)24)33-11-19(31)29-14-3-1-13(2-4-14)21(32)30-15-5-8-20(28-10-15)34-12-22(25,26)27/h6-7,9,13-15,20,28H,1-5,8,10-12H2,(H,29,31)(H,30,32). The van der Waals surface area contributed by atoms with E-state index in [1.54, 1.807) is 0 Å². The highest BCUT2D eigenvalue weighted by Gasteiger charge is 2.32. The van der Waals surface area contributed by atoms with Crippen LogP contribution in [-0.4, -0.2) is 56.1 Å². The molecule has 12 heteroatoms. The van der Waals surface area contributed by atoms with Gasteiger partial charge in [0.05, 0.1) is 5.02 Å². The van der Waals surface area contributed by atoms with Gasteiger partial charge in [0.2, 0.25) is 5.91 Å². The van der Waals surface area contributed by atoms with Crippen molar-refractivity contribution < 1.29 is 36.6 Å². The molecular formula is C22H28ClF4N3O4. The minimum atomic E-state index is -4.37. The third kappa shape index (κ3) is 8.59. The van der Waals surface area contributed by atoms with Gasteiger partial charge in [-0.2, -0.15) is 13.2 Å². The van der Waals surface area contributed by atoms with Gasteiger partial charge in [0.15, 0.2) is 6.61 Å². The van der Waals surface area contributed by atoms with Crippen LogP contribution in [0.3, 0.4) is 0 Å². The van der Waals surface area contributed by atoms with E-state index < -0.39 is 24.8 Å². The Kier molecular flexibility index (Phi) is 9.38. The molecule has 0 bridgehead atoms. The maximum Gasteiger partial charge on any atom is 0.411 e. The van der Waals surface area contributed by atoms with E-state index in [2.05, 4.69) is 16.0 Å². The van der Waals surface area contributed by atoms with Crippen LogP contribution in [0.2, 0.25) is 5.02 Å². The first-order chi connectivity index (χ1) is 16.1. The van der Waals surface area contributed by atoms with Crippen molar-refractivity contribution in [3.05, 3.63) is 29.0 Å². The Morgan fingerprint density at radius 3 is 2.38 bits per heavy atom. The molecule has 2 unspecified atom stereocenters. The van der Waals surface area contributed by atoms with Crippen LogP contribution in [-0.2, 0) is 14.3 Å². The second-order valence-corrected chi connectivity index (χ2v) is 8.99. The molecule has 1 saturated heterocycles. The van der Waals surface area contributed by atoms with E-state index in [4.69, 9.17) is 21.1 Å². The van der Waals surface area contributed by atoms with Crippen molar-refractivity contribution >= 4 is 23.4 Å². The molecule has 1 saturated carbocycles. The molecule has 34 heavy (non-hydrogen) atoms. The summed E-state index contributed by atoms with van der Waals surface area (Å²) in [7, 11) is 0.